The van der Waals surface area contributed by atoms with Gasteiger partial charge in [-0.2, -0.15) is 0 Å². The van der Waals surface area contributed by atoms with Crippen molar-refractivity contribution in [3.05, 3.63) is 64.2 Å². The van der Waals surface area contributed by atoms with Gasteiger partial charge in [-0.1, -0.05) is 24.3 Å². The molecular weight excluding hydrogens is 428 g/mol. The molecule has 0 aliphatic heterocycles. The lowest BCUT2D eigenvalue weighted by Crippen LogP contribution is -2.09. The van der Waals surface area contributed by atoms with Crippen LogP contribution in [-0.4, -0.2) is 22.7 Å². The van der Waals surface area contributed by atoms with E-state index in [1.165, 1.54) is 12.1 Å². The Morgan fingerprint density at radius 3 is 2.50 bits per heavy atom. The molecule has 0 spiro atoms. The Morgan fingerprint density at radius 2 is 1.90 bits per heavy atom. The van der Waals surface area contributed by atoms with E-state index in [-0.39, 0.29) is 12.2 Å². The summed E-state index contributed by atoms with van der Waals surface area (Å²) in [6.07, 6.45) is 0. The maximum Gasteiger partial charge on any atom is 0.341 e. The number of nitrogens with zero attached hydrogens (tertiary/aromatic N) is 1. The van der Waals surface area contributed by atoms with E-state index in [9.17, 15) is 13.6 Å². The zero-order valence-corrected chi connectivity index (χ0v) is 18.4. The molecule has 0 aliphatic rings. The van der Waals surface area contributed by atoms with Gasteiger partial charge in [0.15, 0.2) is 6.61 Å². The molecule has 30 heavy (non-hydrogen) atoms. The second kappa shape index (κ2) is 9.14. The number of halogens is 2. The Labute approximate surface area is 181 Å². The largest absolute Gasteiger partial charge is 0.482 e. The molecule has 1 N–H and O–H groups in total. The monoisotopic (exact) mass is 449 g/mol. The van der Waals surface area contributed by atoms with Gasteiger partial charge >= 0.3 is 5.97 Å². The lowest BCUT2D eigenvalue weighted by molar-refractivity contribution is -0.139. The molecule has 3 rings (SSSR count). The number of carboxylic acid groups (broad SMARTS) is 1. The quantitative estimate of drug-likeness (QED) is 0.409. The van der Waals surface area contributed by atoms with Crippen LogP contribution in [0.2, 0.25) is 0 Å². The molecule has 0 amide bonds. The number of ether oxygens (including phenoxy) is 1. The van der Waals surface area contributed by atoms with Crippen LogP contribution < -0.4 is 4.74 Å². The summed E-state index contributed by atoms with van der Waals surface area (Å²) in [5.74, 6) is -2.59. The number of thiazole rings is 1. The molecule has 8 heteroatoms. The smallest absolute Gasteiger partial charge is 0.341 e. The molecule has 0 radical (unpaired) electrons. The summed E-state index contributed by atoms with van der Waals surface area (Å²) in [4.78, 5) is 17.4. The second-order valence-electron chi connectivity index (χ2n) is 6.89. The fourth-order valence-corrected chi connectivity index (χ4v) is 4.96. The molecule has 0 saturated heterocycles. The zero-order valence-electron chi connectivity index (χ0n) is 16.7. The first-order chi connectivity index (χ1) is 14.1. The van der Waals surface area contributed by atoms with Crippen molar-refractivity contribution < 1.29 is 23.4 Å². The summed E-state index contributed by atoms with van der Waals surface area (Å²) in [7, 11) is 0. The number of hydrogen-bond acceptors (Lipinski definition) is 5. The first-order valence-electron chi connectivity index (χ1n) is 9.16. The van der Waals surface area contributed by atoms with Crippen LogP contribution >= 0.6 is 23.1 Å². The van der Waals surface area contributed by atoms with E-state index in [1.807, 2.05) is 26.0 Å². The van der Waals surface area contributed by atoms with E-state index >= 15 is 0 Å². The van der Waals surface area contributed by atoms with Crippen LogP contribution in [0.1, 0.15) is 28.6 Å². The average Bonchev–Trinajstić information content (AvgIpc) is 3.05. The number of carbonyl (C=O) groups is 1. The molecule has 158 valence electrons. The van der Waals surface area contributed by atoms with Crippen molar-refractivity contribution in [3.8, 4) is 16.3 Å². The van der Waals surface area contributed by atoms with Crippen molar-refractivity contribution in [2.24, 2.45) is 0 Å². The second-order valence-corrected chi connectivity index (χ2v) is 9.02. The number of carboxylic acids is 1. The third-order valence-electron chi connectivity index (χ3n) is 4.40. The average molecular weight is 450 g/mol. The Bertz CT molecular complexity index is 1040. The van der Waals surface area contributed by atoms with Crippen LogP contribution in [0, 0.1) is 13.8 Å². The van der Waals surface area contributed by atoms with Crippen LogP contribution in [0.3, 0.4) is 0 Å². The fourth-order valence-electron chi connectivity index (χ4n) is 2.75. The van der Waals surface area contributed by atoms with E-state index in [0.717, 1.165) is 44.3 Å². The minimum atomic E-state index is -2.86. The summed E-state index contributed by atoms with van der Waals surface area (Å²) in [5, 5.41) is 9.53. The Balaban J connectivity index is 1.68. The van der Waals surface area contributed by atoms with Gasteiger partial charge in [-0.05, 0) is 37.6 Å². The summed E-state index contributed by atoms with van der Waals surface area (Å²) >= 11 is 3.20. The third kappa shape index (κ3) is 5.58. The first-order valence-corrected chi connectivity index (χ1v) is 11.0. The van der Waals surface area contributed by atoms with Crippen molar-refractivity contribution in [1.29, 1.82) is 0 Å². The van der Waals surface area contributed by atoms with Gasteiger partial charge in [-0.25, -0.2) is 18.6 Å². The van der Waals surface area contributed by atoms with Gasteiger partial charge in [0.25, 0.3) is 5.92 Å². The summed E-state index contributed by atoms with van der Waals surface area (Å²) in [6.45, 7) is 4.34. The van der Waals surface area contributed by atoms with Crippen molar-refractivity contribution in [3.63, 3.8) is 0 Å². The van der Waals surface area contributed by atoms with Crippen LogP contribution in [0.5, 0.6) is 5.75 Å². The molecule has 0 fully saturated rings. The van der Waals surface area contributed by atoms with E-state index < -0.39 is 11.9 Å². The maximum absolute atomic E-state index is 13.4. The zero-order chi connectivity index (χ0) is 21.9. The molecule has 4 nitrogen and oxygen atoms in total. The number of aliphatic carboxylic acids is 1. The van der Waals surface area contributed by atoms with Gasteiger partial charge in [0, 0.05) is 33.6 Å². The Morgan fingerprint density at radius 1 is 1.20 bits per heavy atom. The van der Waals surface area contributed by atoms with E-state index in [0.29, 0.717) is 5.75 Å². The summed E-state index contributed by atoms with van der Waals surface area (Å²) in [5.41, 5.74) is 2.60. The number of aryl methyl sites for hydroxylation is 2. The SMILES string of the molecule is Cc1cc(SCc2sc(-c3ccc(C(C)(F)F)cc3)nc2C)ccc1OCC(=O)O. The topological polar surface area (TPSA) is 59.4 Å². The van der Waals surface area contributed by atoms with Gasteiger partial charge in [0.1, 0.15) is 10.8 Å². The predicted molar refractivity (Wildman–Crippen MR) is 116 cm³/mol. The van der Waals surface area contributed by atoms with Crippen LogP contribution in [-0.2, 0) is 16.5 Å². The van der Waals surface area contributed by atoms with Crippen LogP contribution in [0.15, 0.2) is 47.4 Å². The molecule has 0 bridgehead atoms. The highest BCUT2D eigenvalue weighted by Crippen LogP contribution is 2.35. The van der Waals surface area contributed by atoms with Gasteiger partial charge in [0.2, 0.25) is 0 Å². The molecule has 1 heterocycles. The lowest BCUT2D eigenvalue weighted by Gasteiger charge is -2.10. The van der Waals surface area contributed by atoms with Crippen molar-refractivity contribution >= 4 is 29.1 Å². The molecule has 3 aromatic rings. The number of rotatable bonds is 8. The highest BCUT2D eigenvalue weighted by molar-refractivity contribution is 7.98. The number of hydrogen-bond donors (Lipinski definition) is 1. The first kappa shape index (κ1) is 22.2. The third-order valence-corrected chi connectivity index (χ3v) is 6.81. The number of benzene rings is 2. The van der Waals surface area contributed by atoms with Gasteiger partial charge in [-0.15, -0.1) is 23.1 Å². The van der Waals surface area contributed by atoms with E-state index in [4.69, 9.17) is 9.84 Å². The Hall–Kier alpha value is -2.45. The number of alkyl halides is 2. The number of thioether (sulfide) groups is 1. The number of aromatic nitrogens is 1. The predicted octanol–water partition coefficient (Wildman–Crippen LogP) is 6.29. The summed E-state index contributed by atoms with van der Waals surface area (Å²) < 4.78 is 32.1. The van der Waals surface area contributed by atoms with Gasteiger partial charge in [-0.3, -0.25) is 0 Å². The molecule has 1 aromatic heterocycles. The van der Waals surface area contributed by atoms with E-state index in [1.54, 1.807) is 41.3 Å². The molecule has 2 aromatic carbocycles. The maximum atomic E-state index is 13.4. The molecule has 0 saturated carbocycles. The summed E-state index contributed by atoms with van der Waals surface area (Å²) in [6, 6.07) is 11.9. The molecule has 0 unspecified atom stereocenters. The van der Waals surface area contributed by atoms with Crippen molar-refractivity contribution in [2.75, 3.05) is 6.61 Å². The normalized spacial score (nSPS) is 11.5. The van der Waals surface area contributed by atoms with Gasteiger partial charge in [0.05, 0.1) is 5.69 Å². The fraction of sp³-hybridized carbons (Fsp3) is 0.273. The van der Waals surface area contributed by atoms with Gasteiger partial charge < -0.3 is 9.84 Å². The van der Waals surface area contributed by atoms with Crippen LogP contribution in [0.4, 0.5) is 8.78 Å². The molecule has 0 atom stereocenters. The minimum Gasteiger partial charge on any atom is -0.482 e. The van der Waals surface area contributed by atoms with Crippen molar-refractivity contribution in [2.45, 2.75) is 37.3 Å². The molecular formula is C22H21F2NO3S2. The van der Waals surface area contributed by atoms with E-state index in [2.05, 4.69) is 4.98 Å². The van der Waals surface area contributed by atoms with Crippen molar-refractivity contribution in [1.82, 2.24) is 4.98 Å². The lowest BCUT2D eigenvalue weighted by atomic mass is 10.1. The highest BCUT2D eigenvalue weighted by Gasteiger charge is 2.24. The van der Waals surface area contributed by atoms with Crippen LogP contribution in [0.25, 0.3) is 10.6 Å². The highest BCUT2D eigenvalue weighted by atomic mass is 32.2. The standard InChI is InChI=1S/C22H21F2NO3S2/c1-13-10-17(8-9-18(13)28-11-20(26)27)29-12-19-14(2)25-21(30-19)15-4-6-16(7-5-15)22(3,23)24/h4-10H,11-12H2,1-3H3,(H,26,27). The molecule has 0 aliphatic carbocycles. The minimum absolute atomic E-state index is 0.0125. The Kier molecular flexibility index (Phi) is 6.77.